The number of halogens is 2. The number of nitrogens with one attached hydrogen (secondary N) is 1. The van der Waals surface area contributed by atoms with Crippen molar-refractivity contribution in [3.05, 3.63) is 29.3 Å². The lowest BCUT2D eigenvalue weighted by molar-refractivity contribution is -0.171. The molecule has 4 aliphatic rings. The molecule has 4 atom stereocenters. The van der Waals surface area contributed by atoms with Gasteiger partial charge in [0.25, 0.3) is 5.91 Å². The van der Waals surface area contributed by atoms with Crippen molar-refractivity contribution in [2.75, 3.05) is 11.9 Å². The first-order chi connectivity index (χ1) is 11.9. The summed E-state index contributed by atoms with van der Waals surface area (Å²) in [6, 6.07) is 6.80. The summed E-state index contributed by atoms with van der Waals surface area (Å²) >= 11 is 12.6. The van der Waals surface area contributed by atoms with Gasteiger partial charge in [0, 0.05) is 15.6 Å². The molecule has 2 unspecified atom stereocenters. The van der Waals surface area contributed by atoms with Gasteiger partial charge in [-0.15, -0.1) is 11.6 Å². The lowest BCUT2D eigenvalue weighted by Gasteiger charge is -2.58. The maximum absolute atomic E-state index is 12.8. The average Bonchev–Trinajstić information content (AvgIpc) is 2.52. The summed E-state index contributed by atoms with van der Waals surface area (Å²) in [4.78, 5) is 24.6. The lowest BCUT2D eigenvalue weighted by Crippen LogP contribution is -2.56. The van der Waals surface area contributed by atoms with Crippen molar-refractivity contribution < 1.29 is 14.3 Å². The highest BCUT2D eigenvalue weighted by molar-refractivity contribution is 6.30. The maximum Gasteiger partial charge on any atom is 0.312 e. The number of ether oxygens (including phenoxy) is 1. The molecule has 0 spiro atoms. The number of carbonyl (C=O) groups is 2. The van der Waals surface area contributed by atoms with E-state index < -0.39 is 5.41 Å². The van der Waals surface area contributed by atoms with Crippen LogP contribution in [-0.2, 0) is 14.3 Å². The second-order valence-electron chi connectivity index (χ2n) is 8.02. The van der Waals surface area contributed by atoms with Gasteiger partial charge in [0.15, 0.2) is 6.61 Å². The predicted octanol–water partition coefficient (Wildman–Crippen LogP) is 4.40. The molecular formula is C19H21Cl2NO3. The summed E-state index contributed by atoms with van der Waals surface area (Å²) in [6.45, 7) is -0.270. The van der Waals surface area contributed by atoms with Gasteiger partial charge in [-0.2, -0.15) is 0 Å². The van der Waals surface area contributed by atoms with E-state index in [0.717, 1.165) is 25.7 Å². The summed E-state index contributed by atoms with van der Waals surface area (Å²) in [7, 11) is 0. The minimum Gasteiger partial charge on any atom is -0.455 e. The van der Waals surface area contributed by atoms with Crippen LogP contribution >= 0.6 is 23.2 Å². The molecule has 4 saturated carbocycles. The van der Waals surface area contributed by atoms with E-state index in [1.165, 1.54) is 6.42 Å². The van der Waals surface area contributed by atoms with Crippen molar-refractivity contribution in [1.82, 2.24) is 0 Å². The first-order valence-corrected chi connectivity index (χ1v) is 9.53. The van der Waals surface area contributed by atoms with E-state index in [1.54, 1.807) is 24.3 Å². The van der Waals surface area contributed by atoms with Gasteiger partial charge in [0.05, 0.1) is 5.41 Å². The summed E-state index contributed by atoms with van der Waals surface area (Å²) in [5.74, 6) is 0.447. The van der Waals surface area contributed by atoms with Crippen LogP contribution in [0.2, 0.25) is 5.02 Å². The molecule has 5 rings (SSSR count). The second kappa shape index (κ2) is 6.17. The van der Waals surface area contributed by atoms with Crippen molar-refractivity contribution in [3.8, 4) is 0 Å². The zero-order valence-corrected chi connectivity index (χ0v) is 15.4. The van der Waals surface area contributed by atoms with Crippen molar-refractivity contribution >= 4 is 40.8 Å². The van der Waals surface area contributed by atoms with Crippen LogP contribution in [0.1, 0.15) is 38.5 Å². The molecule has 0 heterocycles. The fourth-order valence-electron chi connectivity index (χ4n) is 5.40. The molecule has 0 saturated heterocycles. The maximum atomic E-state index is 12.8. The Bertz CT molecular complexity index is 689. The Morgan fingerprint density at radius 1 is 1.12 bits per heavy atom. The molecule has 0 radical (unpaired) electrons. The summed E-state index contributed by atoms with van der Waals surface area (Å²) in [6.07, 6.45) is 5.60. The Balaban J connectivity index is 1.36. The summed E-state index contributed by atoms with van der Waals surface area (Å²) in [5, 5.41) is 3.30. The Morgan fingerprint density at radius 3 is 2.36 bits per heavy atom. The number of amides is 1. The third-order valence-electron chi connectivity index (χ3n) is 5.89. The first-order valence-electron chi connectivity index (χ1n) is 8.77. The molecule has 4 aliphatic carbocycles. The highest BCUT2D eigenvalue weighted by Gasteiger charge is 2.60. The van der Waals surface area contributed by atoms with Crippen LogP contribution in [0.4, 0.5) is 5.69 Å². The van der Waals surface area contributed by atoms with Crippen molar-refractivity contribution in [2.45, 2.75) is 43.4 Å². The minimum absolute atomic E-state index is 0.241. The van der Waals surface area contributed by atoms with E-state index in [0.29, 0.717) is 29.0 Å². The van der Waals surface area contributed by atoms with Crippen LogP contribution in [0, 0.1) is 17.3 Å². The molecule has 25 heavy (non-hydrogen) atoms. The molecule has 134 valence electrons. The Hall–Kier alpha value is -1.26. The molecule has 4 fully saturated rings. The normalized spacial score (nSPS) is 35.4. The fraction of sp³-hybridized carbons (Fsp3) is 0.579. The van der Waals surface area contributed by atoms with E-state index in [2.05, 4.69) is 5.32 Å². The van der Waals surface area contributed by atoms with Gasteiger partial charge in [-0.1, -0.05) is 11.6 Å². The van der Waals surface area contributed by atoms with Crippen molar-refractivity contribution in [1.29, 1.82) is 0 Å². The molecule has 1 amide bonds. The smallest absolute Gasteiger partial charge is 0.312 e. The molecule has 0 aromatic heterocycles. The van der Waals surface area contributed by atoms with Gasteiger partial charge >= 0.3 is 5.97 Å². The molecule has 4 bridgehead atoms. The highest BCUT2D eigenvalue weighted by Crippen LogP contribution is 2.64. The number of carbonyl (C=O) groups excluding carboxylic acids is 2. The zero-order valence-electron chi connectivity index (χ0n) is 13.9. The number of anilines is 1. The second-order valence-corrected chi connectivity index (χ2v) is 9.26. The Labute approximate surface area is 157 Å². The highest BCUT2D eigenvalue weighted by atomic mass is 35.5. The van der Waals surface area contributed by atoms with Gasteiger partial charge in [-0.3, -0.25) is 9.59 Å². The third kappa shape index (κ3) is 3.39. The van der Waals surface area contributed by atoms with Crippen molar-refractivity contribution in [2.24, 2.45) is 17.3 Å². The lowest BCUT2D eigenvalue weighted by atomic mass is 9.49. The van der Waals surface area contributed by atoms with Crippen LogP contribution < -0.4 is 5.32 Å². The van der Waals surface area contributed by atoms with Crippen LogP contribution in [0.15, 0.2) is 24.3 Å². The number of hydrogen-bond donors (Lipinski definition) is 1. The van der Waals surface area contributed by atoms with E-state index in [1.807, 2.05) is 0 Å². The quantitative estimate of drug-likeness (QED) is 0.620. The van der Waals surface area contributed by atoms with E-state index in [9.17, 15) is 9.59 Å². The van der Waals surface area contributed by atoms with E-state index >= 15 is 0 Å². The molecule has 0 aliphatic heterocycles. The molecule has 4 nitrogen and oxygen atoms in total. The SMILES string of the molecule is O=C(COC(=O)C12C[C@@H]3C[C@@H](CC(Cl)(C3)C1)C2)Nc1ccc(Cl)cc1. The number of benzene rings is 1. The average molecular weight is 382 g/mol. The molecule has 1 N–H and O–H groups in total. The Morgan fingerprint density at radius 2 is 1.76 bits per heavy atom. The van der Waals surface area contributed by atoms with Crippen LogP contribution in [-0.4, -0.2) is 23.4 Å². The first kappa shape index (κ1) is 17.2. The van der Waals surface area contributed by atoms with E-state index in [4.69, 9.17) is 27.9 Å². The van der Waals surface area contributed by atoms with Gasteiger partial charge < -0.3 is 10.1 Å². The zero-order chi connectivity index (χ0) is 17.7. The van der Waals surface area contributed by atoms with Gasteiger partial charge in [0.1, 0.15) is 0 Å². The van der Waals surface area contributed by atoms with Gasteiger partial charge in [-0.05, 0) is 74.6 Å². The Kier molecular flexibility index (Phi) is 4.24. The van der Waals surface area contributed by atoms with Gasteiger partial charge in [-0.25, -0.2) is 0 Å². The fourth-order valence-corrected chi connectivity index (χ4v) is 6.22. The largest absolute Gasteiger partial charge is 0.455 e. The monoisotopic (exact) mass is 381 g/mol. The number of hydrogen-bond acceptors (Lipinski definition) is 3. The minimum atomic E-state index is -0.480. The van der Waals surface area contributed by atoms with Crippen molar-refractivity contribution in [3.63, 3.8) is 0 Å². The number of esters is 1. The standard InChI is InChI=1S/C19H21Cl2NO3/c20-14-1-3-15(4-2-14)22-16(23)10-25-17(24)18-6-12-5-13(7-18)9-19(21,8-12)11-18/h1-4,12-13H,5-11H2,(H,22,23)/t12-,13+,18?,19?. The van der Waals surface area contributed by atoms with Gasteiger partial charge in [0.2, 0.25) is 0 Å². The molecule has 6 heteroatoms. The molecule has 1 aromatic rings. The predicted molar refractivity (Wildman–Crippen MR) is 96.7 cm³/mol. The van der Waals surface area contributed by atoms with Crippen LogP contribution in [0.25, 0.3) is 0 Å². The number of alkyl halides is 1. The summed E-state index contributed by atoms with van der Waals surface area (Å²) < 4.78 is 5.39. The molecular weight excluding hydrogens is 361 g/mol. The summed E-state index contributed by atoms with van der Waals surface area (Å²) in [5.41, 5.74) is 0.145. The molecule has 1 aromatic carbocycles. The number of rotatable bonds is 4. The third-order valence-corrected chi connectivity index (χ3v) is 6.58. The van der Waals surface area contributed by atoms with Crippen LogP contribution in [0.5, 0.6) is 0 Å². The van der Waals surface area contributed by atoms with E-state index in [-0.39, 0.29) is 23.4 Å². The van der Waals surface area contributed by atoms with Crippen LogP contribution in [0.3, 0.4) is 0 Å². The topological polar surface area (TPSA) is 55.4 Å².